The van der Waals surface area contributed by atoms with Crippen LogP contribution < -0.4 is 10.6 Å². The third-order valence-corrected chi connectivity index (χ3v) is 3.74. The first-order chi connectivity index (χ1) is 12.7. The van der Waals surface area contributed by atoms with E-state index in [0.29, 0.717) is 28.7 Å². The molecule has 0 amide bonds. The molecule has 3 aromatic rings. The van der Waals surface area contributed by atoms with Gasteiger partial charge in [0.1, 0.15) is 17.3 Å². The molecule has 0 aliphatic rings. The van der Waals surface area contributed by atoms with Crippen LogP contribution in [0.3, 0.4) is 0 Å². The third-order valence-electron chi connectivity index (χ3n) is 3.74. The van der Waals surface area contributed by atoms with E-state index in [1.165, 1.54) is 6.07 Å². The van der Waals surface area contributed by atoms with Crippen LogP contribution in [0.2, 0.25) is 0 Å². The summed E-state index contributed by atoms with van der Waals surface area (Å²) in [7, 11) is 0. The molecule has 0 saturated carbocycles. The van der Waals surface area contributed by atoms with Gasteiger partial charge < -0.3 is 10.6 Å². The second-order valence-corrected chi connectivity index (χ2v) is 5.65. The number of hydrogen-bond acceptors (Lipinski definition) is 6. The number of benzene rings is 1. The van der Waals surface area contributed by atoms with Crippen LogP contribution >= 0.6 is 0 Å². The van der Waals surface area contributed by atoms with Crippen molar-refractivity contribution in [2.75, 3.05) is 17.2 Å². The molecule has 1 aromatic carbocycles. The fraction of sp³-hybridized carbons (Fsp3) is 0.222. The zero-order valence-corrected chi connectivity index (χ0v) is 14.4. The van der Waals surface area contributed by atoms with Crippen molar-refractivity contribution in [3.05, 3.63) is 65.4 Å². The highest BCUT2D eigenvalue weighted by molar-refractivity contribution is 6.11. The molecule has 4 N–H and O–H groups in total. The Balaban J connectivity index is 1.77. The molecular formula is C18H20FN7. The van der Waals surface area contributed by atoms with Gasteiger partial charge in [0.2, 0.25) is 5.95 Å². The molecule has 0 bridgehead atoms. The number of nitrogens with zero attached hydrogens (tertiary/aromatic N) is 3. The fourth-order valence-electron chi connectivity index (χ4n) is 2.39. The highest BCUT2D eigenvalue weighted by Crippen LogP contribution is 2.17. The molecule has 0 fully saturated rings. The summed E-state index contributed by atoms with van der Waals surface area (Å²) < 4.78 is 13.8. The fourth-order valence-corrected chi connectivity index (χ4v) is 2.39. The second kappa shape index (κ2) is 8.19. The lowest BCUT2D eigenvalue weighted by Crippen LogP contribution is -2.11. The summed E-state index contributed by atoms with van der Waals surface area (Å²) in [5.41, 5.74) is 1.24. The topological polar surface area (TPSA) is 102 Å². The summed E-state index contributed by atoms with van der Waals surface area (Å²) in [6, 6.07) is 10.1. The smallest absolute Gasteiger partial charge is 0.242 e. The van der Waals surface area contributed by atoms with Gasteiger partial charge in [0, 0.05) is 30.4 Å². The van der Waals surface area contributed by atoms with Gasteiger partial charge in [-0.05, 0) is 24.6 Å². The predicted molar refractivity (Wildman–Crippen MR) is 99.1 cm³/mol. The van der Waals surface area contributed by atoms with Gasteiger partial charge in [-0.25, -0.2) is 9.37 Å². The summed E-state index contributed by atoms with van der Waals surface area (Å²) in [5, 5.41) is 21.4. The van der Waals surface area contributed by atoms with Gasteiger partial charge in [0.05, 0.1) is 0 Å². The molecule has 0 aliphatic carbocycles. The molecule has 0 radical (unpaired) electrons. The molecule has 134 valence electrons. The van der Waals surface area contributed by atoms with Gasteiger partial charge in [-0.3, -0.25) is 10.5 Å². The number of rotatable bonds is 8. The molecule has 3 rings (SSSR count). The molecule has 0 aliphatic heterocycles. The van der Waals surface area contributed by atoms with E-state index in [9.17, 15) is 4.39 Å². The van der Waals surface area contributed by atoms with E-state index in [-0.39, 0.29) is 18.1 Å². The Morgan fingerprint density at radius 2 is 2.04 bits per heavy atom. The molecule has 0 atom stereocenters. The average Bonchev–Trinajstić information content (AvgIpc) is 3.14. The Hall–Kier alpha value is -3.29. The van der Waals surface area contributed by atoms with Crippen LogP contribution in [0, 0.1) is 11.2 Å². The Labute approximate surface area is 150 Å². The largest absolute Gasteiger partial charge is 0.365 e. The highest BCUT2D eigenvalue weighted by atomic mass is 19.1. The van der Waals surface area contributed by atoms with Crippen molar-refractivity contribution in [1.82, 2.24) is 20.2 Å². The normalized spacial score (nSPS) is 10.5. The SMILES string of the molecule is CCCNc1n[nH]c(C(=N)c2cccnc2NCc2ccccc2F)n1. The van der Waals surface area contributed by atoms with Crippen molar-refractivity contribution in [3.63, 3.8) is 0 Å². The first kappa shape index (κ1) is 17.5. The number of pyridine rings is 1. The van der Waals surface area contributed by atoms with Gasteiger partial charge in [-0.2, -0.15) is 4.98 Å². The summed E-state index contributed by atoms with van der Waals surface area (Å²) in [5.74, 6) is 0.997. The molecule has 7 nitrogen and oxygen atoms in total. The summed E-state index contributed by atoms with van der Waals surface area (Å²) in [4.78, 5) is 8.55. The van der Waals surface area contributed by atoms with Crippen molar-refractivity contribution in [2.24, 2.45) is 0 Å². The predicted octanol–water partition coefficient (Wildman–Crippen LogP) is 3.19. The van der Waals surface area contributed by atoms with Gasteiger partial charge in [-0.1, -0.05) is 25.1 Å². The minimum atomic E-state index is -0.283. The highest BCUT2D eigenvalue weighted by Gasteiger charge is 2.15. The quantitative estimate of drug-likeness (QED) is 0.466. The maximum Gasteiger partial charge on any atom is 0.242 e. The number of aromatic nitrogens is 4. The molecule has 0 unspecified atom stereocenters. The summed E-state index contributed by atoms with van der Waals surface area (Å²) in [6.45, 7) is 3.07. The minimum Gasteiger partial charge on any atom is -0.365 e. The molecule has 2 heterocycles. The van der Waals surface area contributed by atoms with E-state index in [1.54, 1.807) is 36.5 Å². The Kier molecular flexibility index (Phi) is 5.52. The lowest BCUT2D eigenvalue weighted by Gasteiger charge is -2.11. The van der Waals surface area contributed by atoms with Crippen LogP contribution in [0.15, 0.2) is 42.6 Å². The van der Waals surface area contributed by atoms with Crippen molar-refractivity contribution < 1.29 is 4.39 Å². The van der Waals surface area contributed by atoms with Crippen LogP contribution in [0.25, 0.3) is 0 Å². The molecule has 2 aromatic heterocycles. The Morgan fingerprint density at radius 3 is 2.85 bits per heavy atom. The van der Waals surface area contributed by atoms with Crippen LogP contribution in [-0.2, 0) is 6.54 Å². The van der Waals surface area contributed by atoms with Gasteiger partial charge in [0.15, 0.2) is 5.82 Å². The van der Waals surface area contributed by atoms with Crippen molar-refractivity contribution in [1.29, 1.82) is 5.41 Å². The van der Waals surface area contributed by atoms with E-state index >= 15 is 0 Å². The van der Waals surface area contributed by atoms with E-state index in [1.807, 2.05) is 6.92 Å². The lowest BCUT2D eigenvalue weighted by atomic mass is 10.1. The minimum absolute atomic E-state index is 0.159. The number of aromatic amines is 1. The molecular weight excluding hydrogens is 333 g/mol. The molecule has 26 heavy (non-hydrogen) atoms. The molecule has 8 heteroatoms. The van der Waals surface area contributed by atoms with Gasteiger partial charge >= 0.3 is 0 Å². The van der Waals surface area contributed by atoms with Crippen LogP contribution in [0.1, 0.15) is 30.3 Å². The van der Waals surface area contributed by atoms with Gasteiger partial charge in [0.25, 0.3) is 0 Å². The monoisotopic (exact) mass is 353 g/mol. The summed E-state index contributed by atoms with van der Waals surface area (Å²) in [6.07, 6.45) is 2.57. The lowest BCUT2D eigenvalue weighted by molar-refractivity contribution is 0.613. The maximum atomic E-state index is 13.8. The van der Waals surface area contributed by atoms with E-state index in [4.69, 9.17) is 5.41 Å². The van der Waals surface area contributed by atoms with Crippen LogP contribution in [-0.4, -0.2) is 32.4 Å². The summed E-state index contributed by atoms with van der Waals surface area (Å²) >= 11 is 0. The average molecular weight is 353 g/mol. The zero-order valence-electron chi connectivity index (χ0n) is 14.4. The zero-order chi connectivity index (χ0) is 18.4. The Morgan fingerprint density at radius 1 is 1.19 bits per heavy atom. The third kappa shape index (κ3) is 4.02. The number of nitrogens with one attached hydrogen (secondary N) is 4. The van der Waals surface area contributed by atoms with Crippen LogP contribution in [0.5, 0.6) is 0 Å². The van der Waals surface area contributed by atoms with Crippen molar-refractivity contribution >= 4 is 17.5 Å². The number of halogens is 1. The molecule has 0 saturated heterocycles. The van der Waals surface area contributed by atoms with Crippen LogP contribution in [0.4, 0.5) is 16.2 Å². The van der Waals surface area contributed by atoms with E-state index in [2.05, 4.69) is 30.8 Å². The maximum absolute atomic E-state index is 13.8. The first-order valence-electron chi connectivity index (χ1n) is 8.37. The van der Waals surface area contributed by atoms with E-state index < -0.39 is 0 Å². The number of H-pyrrole nitrogens is 1. The number of hydrogen-bond donors (Lipinski definition) is 4. The second-order valence-electron chi connectivity index (χ2n) is 5.65. The van der Waals surface area contributed by atoms with Crippen molar-refractivity contribution in [2.45, 2.75) is 19.9 Å². The Bertz CT molecular complexity index is 891. The van der Waals surface area contributed by atoms with E-state index in [0.717, 1.165) is 13.0 Å². The van der Waals surface area contributed by atoms with Crippen molar-refractivity contribution in [3.8, 4) is 0 Å². The standard InChI is InChI=1S/C18H20FN7/c1-2-9-22-18-24-17(25-26-18)15(20)13-7-5-10-21-16(13)23-11-12-6-3-4-8-14(12)19/h3-8,10,20H,2,9,11H2,1H3,(H,21,23)(H2,22,24,25,26). The first-order valence-corrected chi connectivity index (χ1v) is 8.37. The molecule has 0 spiro atoms. The number of anilines is 2. The van der Waals surface area contributed by atoms with Gasteiger partial charge in [-0.15, -0.1) is 5.10 Å².